The molecule has 0 radical (unpaired) electrons. The second kappa shape index (κ2) is 4.13. The van der Waals surface area contributed by atoms with Gasteiger partial charge in [-0.2, -0.15) is 0 Å². The number of rotatable bonds is 2. The van der Waals surface area contributed by atoms with Crippen LogP contribution in [0.1, 0.15) is 4.88 Å². The summed E-state index contributed by atoms with van der Waals surface area (Å²) in [6.07, 6.45) is 3.23. The van der Waals surface area contributed by atoms with Crippen LogP contribution in [0.15, 0.2) is 23.4 Å². The van der Waals surface area contributed by atoms with Gasteiger partial charge in [-0.3, -0.25) is 0 Å². The third-order valence-corrected chi connectivity index (χ3v) is 2.32. The Morgan fingerprint density at radius 1 is 1.67 bits per heavy atom. The van der Waals surface area contributed by atoms with Gasteiger partial charge in [0.1, 0.15) is 0 Å². The van der Waals surface area contributed by atoms with Crippen molar-refractivity contribution in [2.24, 2.45) is 10.9 Å². The first-order valence-electron chi connectivity index (χ1n) is 3.13. The van der Waals surface area contributed by atoms with E-state index in [1.54, 1.807) is 12.1 Å². The van der Waals surface area contributed by atoms with E-state index in [2.05, 4.69) is 5.16 Å². The van der Waals surface area contributed by atoms with Gasteiger partial charge in [0.05, 0.1) is 4.34 Å². The van der Waals surface area contributed by atoms with E-state index in [0.29, 0.717) is 4.34 Å². The molecule has 1 aromatic heterocycles. The molecule has 0 fully saturated rings. The SMILES string of the molecule is NC(C=Cc1ccc(Cl)s1)=NO. The van der Waals surface area contributed by atoms with Crippen LogP contribution >= 0.6 is 22.9 Å². The molecule has 12 heavy (non-hydrogen) atoms. The molecule has 3 nitrogen and oxygen atoms in total. The summed E-state index contributed by atoms with van der Waals surface area (Å²) in [6, 6.07) is 3.65. The molecule has 0 aromatic carbocycles. The topological polar surface area (TPSA) is 58.6 Å². The predicted octanol–water partition coefficient (Wildman–Crippen LogP) is 2.16. The summed E-state index contributed by atoms with van der Waals surface area (Å²) in [5.41, 5.74) is 5.21. The maximum absolute atomic E-state index is 8.21. The van der Waals surface area contributed by atoms with Crippen LogP contribution in [0.2, 0.25) is 4.34 Å². The Morgan fingerprint density at radius 2 is 2.42 bits per heavy atom. The Hall–Kier alpha value is -1.00. The van der Waals surface area contributed by atoms with E-state index >= 15 is 0 Å². The molecule has 5 heteroatoms. The van der Waals surface area contributed by atoms with Gasteiger partial charge in [-0.1, -0.05) is 16.8 Å². The molecule has 0 amide bonds. The number of nitrogens with two attached hydrogens (primary N) is 1. The second-order valence-corrected chi connectivity index (χ2v) is 3.75. The highest BCUT2D eigenvalue weighted by Gasteiger charge is 1.92. The Bertz CT molecular complexity index is 319. The first-order chi connectivity index (χ1) is 5.72. The third kappa shape index (κ3) is 2.56. The molecule has 0 bridgehead atoms. The van der Waals surface area contributed by atoms with Crippen LogP contribution in [0.3, 0.4) is 0 Å². The summed E-state index contributed by atoms with van der Waals surface area (Å²) < 4.78 is 0.717. The summed E-state index contributed by atoms with van der Waals surface area (Å²) in [5, 5.41) is 11.0. The van der Waals surface area contributed by atoms with Crippen LogP contribution in [-0.2, 0) is 0 Å². The van der Waals surface area contributed by atoms with Crippen molar-refractivity contribution in [3.8, 4) is 0 Å². The first-order valence-corrected chi connectivity index (χ1v) is 4.33. The van der Waals surface area contributed by atoms with E-state index in [1.807, 2.05) is 6.07 Å². The highest BCUT2D eigenvalue weighted by Crippen LogP contribution is 2.22. The molecular weight excluding hydrogens is 196 g/mol. The van der Waals surface area contributed by atoms with Crippen molar-refractivity contribution in [1.82, 2.24) is 0 Å². The Labute approximate surface area is 78.8 Å². The van der Waals surface area contributed by atoms with Crippen molar-refractivity contribution in [2.45, 2.75) is 0 Å². The minimum absolute atomic E-state index is 0.0690. The quantitative estimate of drug-likeness (QED) is 0.334. The smallest absolute Gasteiger partial charge is 0.162 e. The fraction of sp³-hybridized carbons (Fsp3) is 0. The fourth-order valence-electron chi connectivity index (χ4n) is 0.619. The maximum atomic E-state index is 8.21. The minimum atomic E-state index is 0.0690. The third-order valence-electron chi connectivity index (χ3n) is 1.13. The zero-order chi connectivity index (χ0) is 8.97. The lowest BCUT2D eigenvalue weighted by atomic mass is 10.4. The summed E-state index contributed by atoms with van der Waals surface area (Å²) in [7, 11) is 0. The number of amidine groups is 1. The number of halogens is 1. The van der Waals surface area contributed by atoms with E-state index in [4.69, 9.17) is 22.5 Å². The van der Waals surface area contributed by atoms with E-state index in [-0.39, 0.29) is 5.84 Å². The van der Waals surface area contributed by atoms with Crippen LogP contribution in [0.4, 0.5) is 0 Å². The Kier molecular flexibility index (Phi) is 3.13. The highest BCUT2D eigenvalue weighted by atomic mass is 35.5. The fourth-order valence-corrected chi connectivity index (χ4v) is 1.58. The van der Waals surface area contributed by atoms with Gasteiger partial charge in [0.2, 0.25) is 0 Å². The first kappa shape index (κ1) is 9.09. The van der Waals surface area contributed by atoms with Crippen LogP contribution in [0.5, 0.6) is 0 Å². The van der Waals surface area contributed by atoms with Gasteiger partial charge < -0.3 is 10.9 Å². The molecule has 0 saturated carbocycles. The molecule has 0 aliphatic heterocycles. The van der Waals surface area contributed by atoms with E-state index in [1.165, 1.54) is 17.4 Å². The van der Waals surface area contributed by atoms with Crippen LogP contribution in [0, 0.1) is 0 Å². The molecule has 0 aliphatic rings. The van der Waals surface area contributed by atoms with Gasteiger partial charge in [-0.25, -0.2) is 0 Å². The average Bonchev–Trinajstić information content (AvgIpc) is 2.47. The lowest BCUT2D eigenvalue weighted by molar-refractivity contribution is 0.319. The molecule has 64 valence electrons. The van der Waals surface area contributed by atoms with Crippen molar-refractivity contribution in [1.29, 1.82) is 0 Å². The van der Waals surface area contributed by atoms with Crippen molar-refractivity contribution >= 4 is 34.8 Å². The molecule has 0 unspecified atom stereocenters. The molecule has 0 saturated heterocycles. The van der Waals surface area contributed by atoms with Crippen molar-refractivity contribution in [3.63, 3.8) is 0 Å². The number of hydrogen-bond donors (Lipinski definition) is 2. The Balaban J connectivity index is 2.69. The number of oxime groups is 1. The van der Waals surface area contributed by atoms with Crippen molar-refractivity contribution < 1.29 is 5.21 Å². The predicted molar refractivity (Wildman–Crippen MR) is 51.8 cm³/mol. The van der Waals surface area contributed by atoms with Gasteiger partial charge in [0.25, 0.3) is 0 Å². The molecule has 1 rings (SSSR count). The van der Waals surface area contributed by atoms with Gasteiger partial charge in [0, 0.05) is 4.88 Å². The van der Waals surface area contributed by atoms with Crippen LogP contribution in [0.25, 0.3) is 6.08 Å². The van der Waals surface area contributed by atoms with Gasteiger partial charge in [-0.05, 0) is 24.3 Å². The summed E-state index contributed by atoms with van der Waals surface area (Å²) >= 11 is 7.11. The molecule has 0 spiro atoms. The monoisotopic (exact) mass is 202 g/mol. The summed E-state index contributed by atoms with van der Waals surface area (Å²) in [6.45, 7) is 0. The normalized spacial score (nSPS) is 12.6. The zero-order valence-corrected chi connectivity index (χ0v) is 7.64. The molecule has 3 N–H and O–H groups in total. The molecular formula is C7H7ClN2OS. The molecule has 0 aliphatic carbocycles. The maximum Gasteiger partial charge on any atom is 0.162 e. The zero-order valence-electron chi connectivity index (χ0n) is 6.07. The van der Waals surface area contributed by atoms with Crippen molar-refractivity contribution in [2.75, 3.05) is 0 Å². The van der Waals surface area contributed by atoms with Crippen LogP contribution < -0.4 is 5.73 Å². The summed E-state index contributed by atoms with van der Waals surface area (Å²) in [5.74, 6) is 0.0690. The highest BCUT2D eigenvalue weighted by molar-refractivity contribution is 7.17. The average molecular weight is 203 g/mol. The van der Waals surface area contributed by atoms with Crippen molar-refractivity contribution in [3.05, 3.63) is 27.4 Å². The number of hydrogen-bond acceptors (Lipinski definition) is 3. The van der Waals surface area contributed by atoms with Crippen LogP contribution in [-0.4, -0.2) is 11.0 Å². The largest absolute Gasteiger partial charge is 0.409 e. The lowest BCUT2D eigenvalue weighted by Gasteiger charge is -1.84. The number of thiophene rings is 1. The molecule has 1 heterocycles. The molecule has 0 atom stereocenters. The Morgan fingerprint density at radius 3 is 2.92 bits per heavy atom. The van der Waals surface area contributed by atoms with Gasteiger partial charge in [0.15, 0.2) is 5.84 Å². The molecule has 1 aromatic rings. The van der Waals surface area contributed by atoms with E-state index in [0.717, 1.165) is 4.88 Å². The summed E-state index contributed by atoms with van der Waals surface area (Å²) in [4.78, 5) is 0.964. The van der Waals surface area contributed by atoms with Gasteiger partial charge in [-0.15, -0.1) is 11.3 Å². The second-order valence-electron chi connectivity index (χ2n) is 2.00. The standard InChI is InChI=1S/C7H7ClN2OS/c8-6-3-1-5(12-6)2-4-7(9)10-11/h1-4,11H,(H2,9,10). The minimum Gasteiger partial charge on any atom is -0.409 e. The van der Waals surface area contributed by atoms with Gasteiger partial charge >= 0.3 is 0 Å². The number of nitrogens with zero attached hydrogens (tertiary/aromatic N) is 1. The van der Waals surface area contributed by atoms with E-state index in [9.17, 15) is 0 Å². The lowest BCUT2D eigenvalue weighted by Crippen LogP contribution is -2.06. The van der Waals surface area contributed by atoms with E-state index < -0.39 is 0 Å².